The van der Waals surface area contributed by atoms with Gasteiger partial charge >= 0.3 is 0 Å². The van der Waals surface area contributed by atoms with Crippen LogP contribution in [-0.4, -0.2) is 33.7 Å². The highest BCUT2D eigenvalue weighted by Crippen LogP contribution is 2.41. The van der Waals surface area contributed by atoms with Crippen LogP contribution >= 0.6 is 11.6 Å². The third kappa shape index (κ3) is 3.31. The van der Waals surface area contributed by atoms with Crippen molar-refractivity contribution < 1.29 is 14.3 Å². The van der Waals surface area contributed by atoms with E-state index in [1.807, 2.05) is 24.5 Å². The van der Waals surface area contributed by atoms with Crippen LogP contribution < -0.4 is 5.73 Å². The molecule has 142 valence electrons. The Bertz CT molecular complexity index is 780. The molecular formula is C18H25ClN4O3. The first kappa shape index (κ1) is 19.1. The molecule has 0 bridgehead atoms. The average molecular weight is 381 g/mol. The lowest BCUT2D eigenvalue weighted by molar-refractivity contribution is -0.147. The number of aromatic nitrogens is 3. The largest absolute Gasteiger partial charge is 0.368 e. The Morgan fingerprint density at radius 1 is 1.31 bits per heavy atom. The normalized spacial score (nSPS) is 17.1. The molecule has 0 unspecified atom stereocenters. The lowest BCUT2D eigenvalue weighted by atomic mass is 9.80. The molecule has 2 N–H and O–H groups in total. The van der Waals surface area contributed by atoms with Crippen LogP contribution in [-0.2, 0) is 19.8 Å². The number of carbonyl (C=O) groups excluding carboxylic acids is 1. The standard InChI is InChI=1S/C18H25ClN4O3/c1-3-25-15(26-4-2)13-10-12-11-21-17(19)22-14(12)23(13)18(16(20)24)8-6-5-7-9-18/h10-11,15H,3-9H2,1-2H3,(H2,20,24). The second-order valence-electron chi connectivity index (χ2n) is 6.52. The van der Waals surface area contributed by atoms with Gasteiger partial charge in [-0.2, -0.15) is 4.98 Å². The summed E-state index contributed by atoms with van der Waals surface area (Å²) in [4.78, 5) is 21.1. The number of fused-ring (bicyclic) bond motifs is 1. The van der Waals surface area contributed by atoms with Crippen LogP contribution in [0, 0.1) is 0 Å². The van der Waals surface area contributed by atoms with E-state index in [4.69, 9.17) is 26.8 Å². The monoisotopic (exact) mass is 380 g/mol. The van der Waals surface area contributed by atoms with E-state index in [0.717, 1.165) is 30.3 Å². The van der Waals surface area contributed by atoms with E-state index in [9.17, 15) is 4.79 Å². The lowest BCUT2D eigenvalue weighted by Gasteiger charge is -2.38. The van der Waals surface area contributed by atoms with Gasteiger partial charge in [0.15, 0.2) is 6.29 Å². The second-order valence-corrected chi connectivity index (χ2v) is 6.86. The van der Waals surface area contributed by atoms with Gasteiger partial charge in [-0.1, -0.05) is 19.3 Å². The molecule has 0 aliphatic heterocycles. The van der Waals surface area contributed by atoms with Crippen LogP contribution in [0.3, 0.4) is 0 Å². The third-order valence-electron chi connectivity index (χ3n) is 4.98. The fourth-order valence-electron chi connectivity index (χ4n) is 3.85. The second kappa shape index (κ2) is 7.90. The van der Waals surface area contributed by atoms with Gasteiger partial charge in [-0.25, -0.2) is 4.98 Å². The Hall–Kier alpha value is -1.70. The molecule has 1 fully saturated rings. The van der Waals surface area contributed by atoms with Crippen LogP contribution in [0.4, 0.5) is 0 Å². The summed E-state index contributed by atoms with van der Waals surface area (Å²) >= 11 is 6.05. The summed E-state index contributed by atoms with van der Waals surface area (Å²) in [5, 5.41) is 0.906. The molecule has 26 heavy (non-hydrogen) atoms. The number of rotatable bonds is 7. The highest BCUT2D eigenvalue weighted by molar-refractivity contribution is 6.28. The van der Waals surface area contributed by atoms with Crippen molar-refractivity contribution in [3.8, 4) is 0 Å². The van der Waals surface area contributed by atoms with E-state index < -0.39 is 11.8 Å². The maximum Gasteiger partial charge on any atom is 0.243 e. The van der Waals surface area contributed by atoms with Crippen molar-refractivity contribution in [2.45, 2.75) is 57.8 Å². The van der Waals surface area contributed by atoms with Crippen LogP contribution in [0.25, 0.3) is 11.0 Å². The predicted octanol–water partition coefficient (Wildman–Crippen LogP) is 3.30. The van der Waals surface area contributed by atoms with E-state index in [0.29, 0.717) is 31.7 Å². The quantitative estimate of drug-likeness (QED) is 0.587. The van der Waals surface area contributed by atoms with Gasteiger partial charge in [-0.05, 0) is 44.4 Å². The van der Waals surface area contributed by atoms with Gasteiger partial charge in [-0.15, -0.1) is 0 Å². The highest BCUT2D eigenvalue weighted by atomic mass is 35.5. The van der Waals surface area contributed by atoms with Crippen LogP contribution in [0.1, 0.15) is 57.9 Å². The van der Waals surface area contributed by atoms with E-state index in [-0.39, 0.29) is 11.2 Å². The van der Waals surface area contributed by atoms with Gasteiger partial charge in [0.25, 0.3) is 0 Å². The Balaban J connectivity index is 2.27. The minimum atomic E-state index is -0.862. The summed E-state index contributed by atoms with van der Waals surface area (Å²) in [6.07, 6.45) is 5.29. The molecule has 0 radical (unpaired) electrons. The SMILES string of the molecule is CCOC(OCC)c1cc2cnc(Cl)nc2n1C1(C(N)=O)CCCCC1. The topological polar surface area (TPSA) is 92.3 Å². The summed E-state index contributed by atoms with van der Waals surface area (Å²) in [6.45, 7) is 4.75. The summed E-state index contributed by atoms with van der Waals surface area (Å²) in [5.74, 6) is -0.363. The van der Waals surface area contributed by atoms with Crippen molar-refractivity contribution in [2.24, 2.45) is 5.73 Å². The number of carbonyl (C=O) groups is 1. The molecule has 0 aromatic carbocycles. The predicted molar refractivity (Wildman–Crippen MR) is 98.8 cm³/mol. The zero-order chi connectivity index (χ0) is 18.7. The first-order chi connectivity index (χ1) is 12.5. The summed E-state index contributed by atoms with van der Waals surface area (Å²) in [7, 11) is 0. The first-order valence-electron chi connectivity index (χ1n) is 9.11. The van der Waals surface area contributed by atoms with Crippen molar-refractivity contribution in [1.82, 2.24) is 14.5 Å². The molecule has 0 saturated heterocycles. The van der Waals surface area contributed by atoms with E-state index >= 15 is 0 Å². The number of halogens is 1. The maximum atomic E-state index is 12.6. The molecule has 1 amide bonds. The molecular weight excluding hydrogens is 356 g/mol. The number of amides is 1. The Kier molecular flexibility index (Phi) is 5.79. The highest BCUT2D eigenvalue weighted by Gasteiger charge is 2.43. The van der Waals surface area contributed by atoms with Gasteiger partial charge < -0.3 is 19.8 Å². The van der Waals surface area contributed by atoms with Crippen LogP contribution in [0.5, 0.6) is 0 Å². The molecule has 2 aromatic heterocycles. The Labute approximate surface area is 157 Å². The van der Waals surface area contributed by atoms with Gasteiger partial charge in [0.2, 0.25) is 11.2 Å². The zero-order valence-electron chi connectivity index (χ0n) is 15.2. The number of hydrogen-bond donors (Lipinski definition) is 1. The van der Waals surface area contributed by atoms with E-state index in [1.165, 1.54) is 0 Å². The number of nitrogens with two attached hydrogens (primary N) is 1. The Morgan fingerprint density at radius 2 is 1.96 bits per heavy atom. The van der Waals surface area contributed by atoms with Crippen molar-refractivity contribution in [2.75, 3.05) is 13.2 Å². The van der Waals surface area contributed by atoms with E-state index in [2.05, 4.69) is 9.97 Å². The number of hydrogen-bond acceptors (Lipinski definition) is 5. The van der Waals surface area contributed by atoms with Crippen molar-refractivity contribution in [3.63, 3.8) is 0 Å². The van der Waals surface area contributed by atoms with Crippen molar-refractivity contribution in [1.29, 1.82) is 0 Å². The molecule has 1 saturated carbocycles. The molecule has 1 aliphatic carbocycles. The Morgan fingerprint density at radius 3 is 2.54 bits per heavy atom. The molecule has 2 aromatic rings. The summed E-state index contributed by atoms with van der Waals surface area (Å²) < 4.78 is 13.5. The van der Waals surface area contributed by atoms with Gasteiger partial charge in [0.05, 0.1) is 5.69 Å². The molecule has 8 heteroatoms. The molecule has 1 aliphatic rings. The van der Waals surface area contributed by atoms with E-state index in [1.54, 1.807) is 6.20 Å². The molecule has 0 spiro atoms. The number of ether oxygens (including phenoxy) is 2. The van der Waals surface area contributed by atoms with Gasteiger partial charge in [-0.3, -0.25) is 4.79 Å². The van der Waals surface area contributed by atoms with Crippen molar-refractivity contribution in [3.05, 3.63) is 23.2 Å². The average Bonchev–Trinajstić information content (AvgIpc) is 3.01. The molecule has 0 atom stereocenters. The minimum Gasteiger partial charge on any atom is -0.368 e. The number of primary amides is 1. The molecule has 2 heterocycles. The molecule has 7 nitrogen and oxygen atoms in total. The first-order valence-corrected chi connectivity index (χ1v) is 9.48. The van der Waals surface area contributed by atoms with Gasteiger partial charge in [0.1, 0.15) is 11.2 Å². The minimum absolute atomic E-state index is 0.128. The number of nitrogens with zero attached hydrogens (tertiary/aromatic N) is 3. The van der Waals surface area contributed by atoms with Gasteiger partial charge in [0, 0.05) is 24.8 Å². The summed E-state index contributed by atoms with van der Waals surface area (Å²) in [5.41, 5.74) is 6.37. The smallest absolute Gasteiger partial charge is 0.243 e. The zero-order valence-corrected chi connectivity index (χ0v) is 16.0. The lowest BCUT2D eigenvalue weighted by Crippen LogP contribution is -2.48. The maximum absolute atomic E-state index is 12.6. The van der Waals surface area contributed by atoms with Crippen molar-refractivity contribution >= 4 is 28.5 Å². The van der Waals surface area contributed by atoms with Crippen LogP contribution in [0.15, 0.2) is 12.3 Å². The molecule has 3 rings (SSSR count). The fourth-order valence-corrected chi connectivity index (χ4v) is 3.98. The summed E-state index contributed by atoms with van der Waals surface area (Å²) in [6, 6.07) is 1.90. The fraction of sp³-hybridized carbons (Fsp3) is 0.611. The van der Waals surface area contributed by atoms with Crippen LogP contribution in [0.2, 0.25) is 5.28 Å². The third-order valence-corrected chi connectivity index (χ3v) is 5.17.